The number of benzene rings is 1. The molecule has 1 aromatic carbocycles. The van der Waals surface area contributed by atoms with Crippen LogP contribution in [0.5, 0.6) is 5.75 Å². The number of aromatic nitrogens is 2. The van der Waals surface area contributed by atoms with Crippen molar-refractivity contribution in [1.29, 1.82) is 0 Å². The van der Waals surface area contributed by atoms with Crippen LogP contribution in [0.2, 0.25) is 0 Å². The zero-order valence-corrected chi connectivity index (χ0v) is 12.7. The fourth-order valence-electron chi connectivity index (χ4n) is 2.21. The molecule has 0 saturated heterocycles. The van der Waals surface area contributed by atoms with Crippen LogP contribution in [0.25, 0.3) is 0 Å². The molecule has 0 saturated carbocycles. The zero-order valence-electron chi connectivity index (χ0n) is 12.7. The molecule has 20 heavy (non-hydrogen) atoms. The van der Waals surface area contributed by atoms with Crippen molar-refractivity contribution in [3.05, 3.63) is 41.6 Å². The second-order valence-electron chi connectivity index (χ2n) is 5.99. The van der Waals surface area contributed by atoms with Gasteiger partial charge in [0, 0.05) is 6.07 Å². The molecule has 0 aliphatic rings. The minimum atomic E-state index is -0.0850. The lowest BCUT2D eigenvalue weighted by atomic mass is 10.1. The van der Waals surface area contributed by atoms with Gasteiger partial charge in [0.2, 0.25) is 0 Å². The predicted molar refractivity (Wildman–Crippen MR) is 82.0 cm³/mol. The summed E-state index contributed by atoms with van der Waals surface area (Å²) >= 11 is 0. The third-order valence-corrected chi connectivity index (χ3v) is 3.23. The number of aryl methyl sites for hydroxylation is 2. The molecule has 0 atom stereocenters. The van der Waals surface area contributed by atoms with E-state index in [9.17, 15) is 0 Å². The molecular formula is C16H23N3O. The summed E-state index contributed by atoms with van der Waals surface area (Å²) in [5.41, 5.74) is 8.21. The van der Waals surface area contributed by atoms with Gasteiger partial charge in [-0.2, -0.15) is 5.10 Å². The fraction of sp³-hybridized carbons (Fsp3) is 0.438. The Hall–Kier alpha value is -1.97. The summed E-state index contributed by atoms with van der Waals surface area (Å²) in [5, 5.41) is 4.60. The number of anilines is 1. The van der Waals surface area contributed by atoms with Crippen LogP contribution in [0, 0.1) is 0 Å². The molecular weight excluding hydrogens is 250 g/mol. The van der Waals surface area contributed by atoms with Gasteiger partial charge in [-0.05, 0) is 51.3 Å². The van der Waals surface area contributed by atoms with Gasteiger partial charge in [0.1, 0.15) is 11.6 Å². The summed E-state index contributed by atoms with van der Waals surface area (Å²) in [7, 11) is 1.69. The standard InChI is InChI=1S/C16H23N3O/c1-16(2,3)19-15(17)11-13(18-19)9-8-12-6-5-7-14(10-12)20-4/h5-7,10-11H,8-9,17H2,1-4H3. The van der Waals surface area contributed by atoms with E-state index >= 15 is 0 Å². The quantitative estimate of drug-likeness (QED) is 0.931. The van der Waals surface area contributed by atoms with E-state index in [4.69, 9.17) is 10.5 Å². The molecule has 1 aromatic heterocycles. The fourth-order valence-corrected chi connectivity index (χ4v) is 2.21. The number of nitrogens with two attached hydrogens (primary N) is 1. The Balaban J connectivity index is 2.07. The molecule has 1 heterocycles. The lowest BCUT2D eigenvalue weighted by Gasteiger charge is -2.20. The van der Waals surface area contributed by atoms with Gasteiger partial charge in [0.25, 0.3) is 0 Å². The van der Waals surface area contributed by atoms with Crippen LogP contribution in [-0.4, -0.2) is 16.9 Å². The monoisotopic (exact) mass is 273 g/mol. The van der Waals surface area contributed by atoms with Gasteiger partial charge >= 0.3 is 0 Å². The van der Waals surface area contributed by atoms with Gasteiger partial charge in [0.05, 0.1) is 18.3 Å². The maximum Gasteiger partial charge on any atom is 0.122 e. The Morgan fingerprint density at radius 1 is 1.20 bits per heavy atom. The average Bonchev–Trinajstić information content (AvgIpc) is 2.78. The van der Waals surface area contributed by atoms with Crippen LogP contribution >= 0.6 is 0 Å². The van der Waals surface area contributed by atoms with Gasteiger partial charge in [-0.1, -0.05) is 12.1 Å². The van der Waals surface area contributed by atoms with E-state index in [2.05, 4.69) is 38.0 Å². The van der Waals surface area contributed by atoms with Crippen LogP contribution in [0.3, 0.4) is 0 Å². The second kappa shape index (κ2) is 5.57. The smallest absolute Gasteiger partial charge is 0.122 e. The van der Waals surface area contributed by atoms with Gasteiger partial charge in [-0.15, -0.1) is 0 Å². The summed E-state index contributed by atoms with van der Waals surface area (Å²) in [6.07, 6.45) is 1.80. The van der Waals surface area contributed by atoms with Crippen molar-refractivity contribution in [2.45, 2.75) is 39.2 Å². The molecule has 0 bridgehead atoms. The highest BCUT2D eigenvalue weighted by Gasteiger charge is 2.17. The summed E-state index contributed by atoms with van der Waals surface area (Å²) < 4.78 is 7.12. The maximum atomic E-state index is 6.02. The van der Waals surface area contributed by atoms with Crippen LogP contribution < -0.4 is 10.5 Å². The molecule has 0 fully saturated rings. The van der Waals surface area contributed by atoms with Crippen LogP contribution in [0.15, 0.2) is 30.3 Å². The number of nitrogens with zero attached hydrogens (tertiary/aromatic N) is 2. The van der Waals surface area contributed by atoms with Crippen LogP contribution in [-0.2, 0) is 18.4 Å². The minimum Gasteiger partial charge on any atom is -0.497 e. The molecule has 4 nitrogen and oxygen atoms in total. The second-order valence-corrected chi connectivity index (χ2v) is 5.99. The molecule has 0 amide bonds. The van der Waals surface area contributed by atoms with Crippen molar-refractivity contribution in [2.24, 2.45) is 0 Å². The number of nitrogen functional groups attached to an aromatic ring is 1. The van der Waals surface area contributed by atoms with E-state index in [-0.39, 0.29) is 5.54 Å². The van der Waals surface area contributed by atoms with Gasteiger partial charge in [-0.25, -0.2) is 4.68 Å². The molecule has 108 valence electrons. The average molecular weight is 273 g/mol. The van der Waals surface area contributed by atoms with Crippen molar-refractivity contribution in [1.82, 2.24) is 9.78 Å². The number of ether oxygens (including phenoxy) is 1. The first-order chi connectivity index (χ1) is 9.40. The molecule has 2 aromatic rings. The van der Waals surface area contributed by atoms with Gasteiger partial charge in [-0.3, -0.25) is 0 Å². The molecule has 0 aliphatic carbocycles. The molecule has 2 N–H and O–H groups in total. The number of methoxy groups -OCH3 is 1. The van der Waals surface area contributed by atoms with E-state index in [1.165, 1.54) is 5.56 Å². The Bertz CT molecular complexity index is 582. The Morgan fingerprint density at radius 2 is 1.95 bits per heavy atom. The first-order valence-corrected chi connectivity index (χ1v) is 6.88. The predicted octanol–water partition coefficient (Wildman–Crippen LogP) is 3.01. The normalized spacial score (nSPS) is 11.6. The Kier molecular flexibility index (Phi) is 4.02. The van der Waals surface area contributed by atoms with E-state index in [1.54, 1.807) is 7.11 Å². The van der Waals surface area contributed by atoms with Gasteiger partial charge < -0.3 is 10.5 Å². The summed E-state index contributed by atoms with van der Waals surface area (Å²) in [6, 6.07) is 10.1. The molecule has 2 rings (SSSR count). The zero-order chi connectivity index (χ0) is 14.8. The van der Waals surface area contributed by atoms with Gasteiger partial charge in [0.15, 0.2) is 0 Å². The topological polar surface area (TPSA) is 53.1 Å². The largest absolute Gasteiger partial charge is 0.497 e. The Labute approximate surface area is 120 Å². The first kappa shape index (κ1) is 14.4. The molecule has 0 radical (unpaired) electrons. The summed E-state index contributed by atoms with van der Waals surface area (Å²) in [6.45, 7) is 6.30. The Morgan fingerprint density at radius 3 is 2.55 bits per heavy atom. The summed E-state index contributed by atoms with van der Waals surface area (Å²) in [5.74, 6) is 1.61. The van der Waals surface area contributed by atoms with E-state index in [0.29, 0.717) is 0 Å². The highest BCUT2D eigenvalue weighted by molar-refractivity contribution is 5.33. The molecule has 0 unspecified atom stereocenters. The van der Waals surface area contributed by atoms with Crippen molar-refractivity contribution < 1.29 is 4.74 Å². The van der Waals surface area contributed by atoms with Crippen molar-refractivity contribution >= 4 is 5.82 Å². The van der Waals surface area contributed by atoms with Crippen molar-refractivity contribution in [2.75, 3.05) is 12.8 Å². The van der Waals surface area contributed by atoms with Crippen LogP contribution in [0.1, 0.15) is 32.0 Å². The SMILES string of the molecule is COc1cccc(CCc2cc(N)n(C(C)(C)C)n2)c1. The lowest BCUT2D eigenvalue weighted by molar-refractivity contribution is 0.359. The first-order valence-electron chi connectivity index (χ1n) is 6.88. The molecule has 0 spiro atoms. The number of hydrogen-bond acceptors (Lipinski definition) is 3. The third kappa shape index (κ3) is 3.32. The highest BCUT2D eigenvalue weighted by atomic mass is 16.5. The number of rotatable bonds is 4. The maximum absolute atomic E-state index is 6.02. The number of hydrogen-bond donors (Lipinski definition) is 1. The summed E-state index contributed by atoms with van der Waals surface area (Å²) in [4.78, 5) is 0. The third-order valence-electron chi connectivity index (χ3n) is 3.23. The molecule has 0 aliphatic heterocycles. The van der Waals surface area contributed by atoms with Crippen LogP contribution in [0.4, 0.5) is 5.82 Å². The highest BCUT2D eigenvalue weighted by Crippen LogP contribution is 2.20. The lowest BCUT2D eigenvalue weighted by Crippen LogP contribution is -2.24. The minimum absolute atomic E-state index is 0.0850. The molecule has 4 heteroatoms. The van der Waals surface area contributed by atoms with E-state index in [1.807, 2.05) is 22.9 Å². The van der Waals surface area contributed by atoms with Crippen molar-refractivity contribution in [3.8, 4) is 5.75 Å². The van der Waals surface area contributed by atoms with E-state index < -0.39 is 0 Å². The van der Waals surface area contributed by atoms with E-state index in [0.717, 1.165) is 30.1 Å². The van der Waals surface area contributed by atoms with Crippen molar-refractivity contribution in [3.63, 3.8) is 0 Å².